The van der Waals surface area contributed by atoms with Crippen molar-refractivity contribution in [2.24, 2.45) is 52.3 Å². The van der Waals surface area contributed by atoms with Gasteiger partial charge in [-0.2, -0.15) is 0 Å². The standard InChI is InChI=1S/C29H46N2O5.C28H44N2O5S/c1-16-11-10-12-29(9)27(36-29)20(5)25(17(2)13-22-15-35-21(6)30-22)31-24(33)14-23(32)28(7,8)26(34)19(4)18(16)3;1-15-10-9-11-28(8)26(35-28)17(3)23(16(2)12-20-14-36-19(5)29-20)30-22(32)13-21(31)27(6,7)25(34)18(4)24(15)33/h13,15-16,18-20,23,25,27,32H,10-12,14H2,1-9H3,(H,31,33);12,14-15,17-18,21,23-24,26,31,33H,9-11,13H2,1-8H3,(H,30,32)/b17-13+;16-12+/t16-,18-,19+,20+,23-,25+,27-,29+;15-,17+,18+,21-,23+,24-,26-,28+/m00/s1. The number of fused-ring (bicyclic) bond motifs is 2. The zero-order valence-electron chi connectivity index (χ0n) is 46.6. The molecule has 5 N–H and O–H groups in total. The van der Waals surface area contributed by atoms with E-state index in [1.54, 1.807) is 59.1 Å². The summed E-state index contributed by atoms with van der Waals surface area (Å²) >= 11 is 1.58. The lowest BCUT2D eigenvalue weighted by molar-refractivity contribution is -0.143. The van der Waals surface area contributed by atoms with Crippen LogP contribution in [0, 0.1) is 66.1 Å². The third-order valence-corrected chi connectivity index (χ3v) is 18.3. The maximum absolute atomic E-state index is 13.4. The van der Waals surface area contributed by atoms with Crippen LogP contribution in [-0.2, 0) is 28.7 Å². The number of rotatable bonds is 4. The first-order chi connectivity index (χ1) is 33.3. The number of ether oxygens (including phenoxy) is 2. The van der Waals surface area contributed by atoms with Crippen molar-refractivity contribution in [2.45, 2.75) is 223 Å². The van der Waals surface area contributed by atoms with E-state index in [1.807, 2.05) is 52.2 Å². The van der Waals surface area contributed by atoms with Gasteiger partial charge in [-0.25, -0.2) is 9.97 Å². The minimum atomic E-state index is -1.17. The number of ketones is 2. The van der Waals surface area contributed by atoms with Gasteiger partial charge in [0.05, 0.1) is 88.2 Å². The Morgan fingerprint density at radius 2 is 1.10 bits per heavy atom. The predicted octanol–water partition coefficient (Wildman–Crippen LogP) is 9.40. The highest BCUT2D eigenvalue weighted by molar-refractivity contribution is 7.09. The number of nitrogens with zero attached hydrogens (tertiary/aromatic N) is 2. The van der Waals surface area contributed by atoms with Gasteiger partial charge in [-0.3, -0.25) is 19.2 Å². The number of Topliss-reactive ketones (excluding diaryl/α,β-unsaturated/α-hetero) is 2. The van der Waals surface area contributed by atoms with Crippen molar-refractivity contribution < 1.29 is 48.4 Å². The summed E-state index contributed by atoms with van der Waals surface area (Å²) in [7, 11) is 0. The first kappa shape index (κ1) is 59.3. The fourth-order valence-corrected chi connectivity index (χ4v) is 12.2. The highest BCUT2D eigenvalue weighted by atomic mass is 32.1. The summed E-state index contributed by atoms with van der Waals surface area (Å²) in [4.78, 5) is 62.0. The molecule has 0 radical (unpaired) electrons. The van der Waals surface area contributed by atoms with E-state index in [1.165, 1.54) is 0 Å². The van der Waals surface area contributed by atoms with Crippen LogP contribution >= 0.6 is 11.3 Å². The monoisotopic (exact) mass is 1020 g/mol. The van der Waals surface area contributed by atoms with Crippen molar-refractivity contribution in [2.75, 3.05) is 0 Å². The molecule has 0 aromatic carbocycles. The van der Waals surface area contributed by atoms with E-state index >= 15 is 0 Å². The van der Waals surface area contributed by atoms with Crippen LogP contribution in [0.3, 0.4) is 0 Å². The summed E-state index contributed by atoms with van der Waals surface area (Å²) in [6, 6.07) is -0.608. The van der Waals surface area contributed by atoms with Crippen LogP contribution in [0.2, 0.25) is 0 Å². The molecule has 4 aliphatic heterocycles. The Kier molecular flexibility index (Phi) is 19.4. The van der Waals surface area contributed by atoms with E-state index in [9.17, 15) is 34.5 Å². The molecular formula is C57H90N4O10S. The Morgan fingerprint density at radius 1 is 0.653 bits per heavy atom. The fourth-order valence-electron chi connectivity index (χ4n) is 11.6. The number of carbonyl (C=O) groups is 4. The van der Waals surface area contributed by atoms with Crippen molar-refractivity contribution in [1.29, 1.82) is 0 Å². The van der Waals surface area contributed by atoms with E-state index < -0.39 is 35.1 Å². The number of hydrogen-bond acceptors (Lipinski definition) is 13. The van der Waals surface area contributed by atoms with Crippen LogP contribution < -0.4 is 10.6 Å². The van der Waals surface area contributed by atoms with Gasteiger partial charge >= 0.3 is 0 Å². The molecule has 0 spiro atoms. The van der Waals surface area contributed by atoms with Gasteiger partial charge in [0.2, 0.25) is 11.8 Å². The SMILES string of the molecule is C/C(=C\c1coc(C)n1)[C@H]1NC(=O)C[C@H](O)C(C)(C)C(=O)[C@H](C)[C@@H](C)[C@@H](C)CCC[C@@]2(C)O[C@H]2[C@@H]1C.C/C(=C\c1csc(C)n1)[C@H]1NC(=O)C[C@H](O)C(C)(C)C(=O)[C@H](C)[C@@H](O)[C@@H](C)CCC[C@@]2(C)O[C@H]2[C@@H]1C. The molecule has 0 unspecified atom stereocenters. The predicted molar refractivity (Wildman–Crippen MR) is 282 cm³/mol. The van der Waals surface area contributed by atoms with Crippen molar-refractivity contribution in [1.82, 2.24) is 20.6 Å². The summed E-state index contributed by atoms with van der Waals surface area (Å²) < 4.78 is 17.8. The van der Waals surface area contributed by atoms with Gasteiger partial charge in [0.25, 0.3) is 0 Å². The van der Waals surface area contributed by atoms with Gasteiger partial charge in [0.1, 0.15) is 23.5 Å². The number of aryl methyl sites for hydroxylation is 2. The zero-order valence-corrected chi connectivity index (χ0v) is 47.4. The normalized spacial score (nSPS) is 38.8. The Labute approximate surface area is 434 Å². The minimum Gasteiger partial charge on any atom is -0.449 e. The molecular weight excluding hydrogens is 933 g/mol. The lowest BCUT2D eigenvalue weighted by atomic mass is 9.70. The highest BCUT2D eigenvalue weighted by Gasteiger charge is 2.57. The summed E-state index contributed by atoms with van der Waals surface area (Å²) in [5.74, 6) is -0.587. The largest absolute Gasteiger partial charge is 0.449 e. The van der Waals surface area contributed by atoms with E-state index in [4.69, 9.17) is 13.9 Å². The Hall–Kier alpha value is -3.60. The summed E-state index contributed by atoms with van der Waals surface area (Å²) in [5, 5.41) is 42.1. The second kappa shape index (κ2) is 23.5. The van der Waals surface area contributed by atoms with E-state index in [0.29, 0.717) is 17.5 Å². The average molecular weight is 1020 g/mol. The number of aliphatic hydroxyl groups excluding tert-OH is 3. The molecule has 15 heteroatoms. The molecule has 0 aliphatic carbocycles. The number of amides is 2. The third-order valence-electron chi connectivity index (χ3n) is 17.5. The smallest absolute Gasteiger partial charge is 0.223 e. The summed E-state index contributed by atoms with van der Waals surface area (Å²) in [5.41, 5.74) is 0.750. The van der Waals surface area contributed by atoms with Crippen molar-refractivity contribution in [3.05, 3.63) is 45.1 Å². The molecule has 14 nitrogen and oxygen atoms in total. The maximum Gasteiger partial charge on any atom is 0.223 e. The molecule has 2 aromatic rings. The number of nitrogens with one attached hydrogen (secondary N) is 2. The molecule has 72 heavy (non-hydrogen) atoms. The molecule has 4 saturated heterocycles. The van der Waals surface area contributed by atoms with Crippen LogP contribution in [0.1, 0.15) is 178 Å². The van der Waals surface area contributed by atoms with Crippen LogP contribution in [0.5, 0.6) is 0 Å². The Bertz CT molecular complexity index is 2130. The van der Waals surface area contributed by atoms with E-state index in [2.05, 4.69) is 62.1 Å². The van der Waals surface area contributed by atoms with Crippen molar-refractivity contribution in [3.63, 3.8) is 0 Å². The zero-order chi connectivity index (χ0) is 54.0. The van der Waals surface area contributed by atoms with Gasteiger partial charge < -0.3 is 39.8 Å². The number of aromatic nitrogens is 2. The van der Waals surface area contributed by atoms with Crippen LogP contribution in [0.15, 0.2) is 27.2 Å². The van der Waals surface area contributed by atoms with E-state index in [-0.39, 0.29) is 101 Å². The quantitative estimate of drug-likeness (QED) is 0.181. The average Bonchev–Trinajstić information content (AvgIpc) is 4.04. The van der Waals surface area contributed by atoms with Gasteiger partial charge in [0, 0.05) is 36.0 Å². The molecule has 6 heterocycles. The number of oxazole rings is 1. The van der Waals surface area contributed by atoms with Crippen LogP contribution in [-0.4, -0.2) is 102 Å². The lowest BCUT2D eigenvalue weighted by Gasteiger charge is -2.35. The summed E-state index contributed by atoms with van der Waals surface area (Å²) in [6.45, 7) is 33.0. The van der Waals surface area contributed by atoms with Crippen molar-refractivity contribution in [3.8, 4) is 0 Å². The number of aliphatic hydroxyl groups is 3. The first-order valence-corrected chi connectivity index (χ1v) is 27.5. The van der Waals surface area contributed by atoms with Gasteiger partial charge in [-0.05, 0) is 94.9 Å². The minimum absolute atomic E-state index is 0.00217. The number of epoxide rings is 2. The van der Waals surface area contributed by atoms with Crippen LogP contribution in [0.4, 0.5) is 0 Å². The highest BCUT2D eigenvalue weighted by Crippen LogP contribution is 2.49. The second-order valence-corrected chi connectivity index (χ2v) is 25.2. The third kappa shape index (κ3) is 14.0. The lowest BCUT2D eigenvalue weighted by Crippen LogP contribution is -2.48. The molecule has 0 bridgehead atoms. The fraction of sp³-hybridized carbons (Fsp3) is 0.754. The number of thiazole rings is 1. The van der Waals surface area contributed by atoms with Gasteiger partial charge in [0.15, 0.2) is 5.89 Å². The van der Waals surface area contributed by atoms with Crippen molar-refractivity contribution >= 4 is 46.9 Å². The number of hydrogen-bond donors (Lipinski definition) is 5. The molecule has 2 aromatic heterocycles. The molecule has 6 rings (SSSR count). The number of carbonyl (C=O) groups excluding carboxylic acids is 4. The van der Waals surface area contributed by atoms with E-state index in [0.717, 1.165) is 60.4 Å². The molecule has 4 fully saturated rings. The molecule has 4 aliphatic rings. The molecule has 404 valence electrons. The molecule has 2 amide bonds. The van der Waals surface area contributed by atoms with Gasteiger partial charge in [-0.15, -0.1) is 11.3 Å². The first-order valence-electron chi connectivity index (χ1n) is 26.6. The topological polar surface area (TPSA) is 217 Å². The Balaban J connectivity index is 0.000000267. The van der Waals surface area contributed by atoms with Crippen LogP contribution in [0.25, 0.3) is 12.2 Å². The summed E-state index contributed by atoms with van der Waals surface area (Å²) in [6.07, 6.45) is 7.60. The van der Waals surface area contributed by atoms with Gasteiger partial charge in [-0.1, -0.05) is 95.4 Å². The Morgan fingerprint density at radius 3 is 1.53 bits per heavy atom. The second-order valence-electron chi connectivity index (χ2n) is 24.1. The molecule has 16 atom stereocenters. The maximum atomic E-state index is 13.4. The molecule has 0 saturated carbocycles.